The molecular formula is C6H7NaO2S. The van der Waals surface area contributed by atoms with Crippen LogP contribution in [0.25, 0.3) is 0 Å². The molecule has 1 rings (SSSR count). The van der Waals surface area contributed by atoms with Gasteiger partial charge in [0.1, 0.15) is 5.75 Å². The number of carbonyl (C=O) groups excluding carboxylic acids is 1. The molecule has 1 aromatic heterocycles. The van der Waals surface area contributed by atoms with Crippen molar-refractivity contribution in [2.24, 2.45) is 0 Å². The summed E-state index contributed by atoms with van der Waals surface area (Å²) in [6.45, 7) is 1.39. The summed E-state index contributed by atoms with van der Waals surface area (Å²) in [5, 5.41) is 3.64. The predicted octanol–water partition coefficient (Wildman–Crippen LogP) is 1.02. The van der Waals surface area contributed by atoms with E-state index in [0.29, 0.717) is 5.75 Å². The minimum absolute atomic E-state index is 0. The van der Waals surface area contributed by atoms with E-state index in [2.05, 4.69) is 0 Å². The van der Waals surface area contributed by atoms with Crippen molar-refractivity contribution in [2.75, 3.05) is 0 Å². The molecular weight excluding hydrogens is 159 g/mol. The molecule has 0 spiro atoms. The van der Waals surface area contributed by atoms with Crippen LogP contribution in [0.5, 0.6) is 5.75 Å². The van der Waals surface area contributed by atoms with E-state index in [1.54, 1.807) is 11.4 Å². The number of esters is 1. The van der Waals surface area contributed by atoms with Crippen LogP contribution in [-0.4, -0.2) is 35.5 Å². The first-order chi connectivity index (χ1) is 4.29. The average Bonchev–Trinajstić information content (AvgIpc) is 2.15. The van der Waals surface area contributed by atoms with E-state index in [-0.39, 0.29) is 35.5 Å². The van der Waals surface area contributed by atoms with Crippen molar-refractivity contribution in [3.8, 4) is 5.75 Å². The van der Waals surface area contributed by atoms with Crippen LogP contribution in [0.2, 0.25) is 0 Å². The molecule has 0 aliphatic rings. The fourth-order valence-electron chi connectivity index (χ4n) is 0.476. The Morgan fingerprint density at radius 1 is 1.70 bits per heavy atom. The molecule has 0 bridgehead atoms. The second-order valence-electron chi connectivity index (χ2n) is 1.55. The molecule has 0 atom stereocenters. The van der Waals surface area contributed by atoms with Gasteiger partial charge < -0.3 is 4.74 Å². The second kappa shape index (κ2) is 4.91. The van der Waals surface area contributed by atoms with Crippen molar-refractivity contribution < 1.29 is 9.53 Å². The van der Waals surface area contributed by atoms with Gasteiger partial charge in [-0.05, 0) is 11.4 Å². The Hall–Kier alpha value is 0.170. The summed E-state index contributed by atoms with van der Waals surface area (Å²) in [5.74, 6) is 0.362. The van der Waals surface area contributed by atoms with E-state index >= 15 is 0 Å². The molecule has 0 saturated heterocycles. The number of hydrogen-bond acceptors (Lipinski definition) is 3. The topological polar surface area (TPSA) is 26.3 Å². The first-order valence-electron chi connectivity index (χ1n) is 2.49. The minimum atomic E-state index is -0.270. The first-order valence-corrected chi connectivity index (χ1v) is 3.44. The molecule has 0 unspecified atom stereocenters. The zero-order valence-electron chi connectivity index (χ0n) is 4.96. The molecule has 0 fully saturated rings. The second-order valence-corrected chi connectivity index (χ2v) is 2.33. The van der Waals surface area contributed by atoms with E-state index in [1.807, 2.05) is 5.38 Å². The van der Waals surface area contributed by atoms with Crippen LogP contribution in [0.15, 0.2) is 16.8 Å². The van der Waals surface area contributed by atoms with Gasteiger partial charge in [-0.25, -0.2) is 0 Å². The third-order valence-electron chi connectivity index (χ3n) is 0.757. The molecule has 0 radical (unpaired) electrons. The van der Waals surface area contributed by atoms with Crippen LogP contribution in [0, 0.1) is 0 Å². The summed E-state index contributed by atoms with van der Waals surface area (Å²) in [6, 6.07) is 1.76. The van der Waals surface area contributed by atoms with E-state index in [1.165, 1.54) is 18.3 Å². The van der Waals surface area contributed by atoms with Crippen LogP contribution in [0.4, 0.5) is 0 Å². The van der Waals surface area contributed by atoms with E-state index in [0.717, 1.165) is 0 Å². The standard InChI is InChI=1S/C6H6O2S.Na.H/c1-5(7)8-6-2-3-9-4-6;;/h2-4H,1H3;;. The Morgan fingerprint density at radius 2 is 2.40 bits per heavy atom. The van der Waals surface area contributed by atoms with Crippen LogP contribution in [0.3, 0.4) is 0 Å². The van der Waals surface area contributed by atoms with Gasteiger partial charge in [0.05, 0.1) is 0 Å². The predicted molar refractivity (Wildman–Crippen MR) is 42.8 cm³/mol. The van der Waals surface area contributed by atoms with Gasteiger partial charge in [-0.2, -0.15) is 0 Å². The van der Waals surface area contributed by atoms with Crippen molar-refractivity contribution >= 4 is 46.9 Å². The third kappa shape index (κ3) is 3.37. The fourth-order valence-corrected chi connectivity index (χ4v) is 1.03. The zero-order chi connectivity index (χ0) is 6.69. The van der Waals surface area contributed by atoms with Gasteiger partial charge in [0.25, 0.3) is 0 Å². The molecule has 0 aliphatic carbocycles. The van der Waals surface area contributed by atoms with Gasteiger partial charge >= 0.3 is 35.5 Å². The Kier molecular flexibility index (Phi) is 4.99. The Bertz CT molecular complexity index is 196. The summed E-state index contributed by atoms with van der Waals surface area (Å²) in [5.41, 5.74) is 0. The van der Waals surface area contributed by atoms with Crippen LogP contribution in [-0.2, 0) is 4.79 Å². The molecule has 0 N–H and O–H groups in total. The Balaban J connectivity index is 0.000000810. The van der Waals surface area contributed by atoms with Crippen LogP contribution >= 0.6 is 11.3 Å². The SMILES string of the molecule is CC(=O)Oc1ccsc1.[NaH]. The Morgan fingerprint density at radius 3 is 2.80 bits per heavy atom. The number of hydrogen-bond donors (Lipinski definition) is 0. The molecule has 1 aromatic rings. The van der Waals surface area contributed by atoms with E-state index in [9.17, 15) is 4.79 Å². The maximum atomic E-state index is 10.3. The van der Waals surface area contributed by atoms with Gasteiger partial charge in [-0.1, -0.05) is 0 Å². The van der Waals surface area contributed by atoms with Crippen molar-refractivity contribution in [1.29, 1.82) is 0 Å². The van der Waals surface area contributed by atoms with Gasteiger partial charge in [-0.15, -0.1) is 11.3 Å². The van der Waals surface area contributed by atoms with Gasteiger partial charge in [0.15, 0.2) is 0 Å². The first kappa shape index (κ1) is 10.2. The van der Waals surface area contributed by atoms with E-state index < -0.39 is 0 Å². The molecule has 0 aliphatic heterocycles. The van der Waals surface area contributed by atoms with E-state index in [4.69, 9.17) is 4.74 Å². The van der Waals surface area contributed by atoms with Gasteiger partial charge in [-0.3, -0.25) is 4.79 Å². The number of ether oxygens (including phenoxy) is 1. The average molecular weight is 166 g/mol. The van der Waals surface area contributed by atoms with Gasteiger partial charge in [0, 0.05) is 12.3 Å². The molecule has 50 valence electrons. The number of thiophene rings is 1. The summed E-state index contributed by atoms with van der Waals surface area (Å²) >= 11 is 1.50. The van der Waals surface area contributed by atoms with Crippen LogP contribution < -0.4 is 4.74 Å². The zero-order valence-corrected chi connectivity index (χ0v) is 5.77. The quantitative estimate of drug-likeness (QED) is 0.460. The molecule has 1 heterocycles. The summed E-state index contributed by atoms with van der Waals surface area (Å²) < 4.78 is 4.73. The normalized spacial score (nSPS) is 8.10. The molecule has 2 nitrogen and oxygen atoms in total. The summed E-state index contributed by atoms with van der Waals surface area (Å²) in [6.07, 6.45) is 0. The van der Waals surface area contributed by atoms with Gasteiger partial charge in [0.2, 0.25) is 0 Å². The molecule has 4 heteroatoms. The molecule has 0 saturated carbocycles. The Labute approximate surface area is 85.5 Å². The molecule has 10 heavy (non-hydrogen) atoms. The number of rotatable bonds is 1. The van der Waals surface area contributed by atoms with Crippen molar-refractivity contribution in [3.05, 3.63) is 16.8 Å². The fraction of sp³-hybridized carbons (Fsp3) is 0.167. The van der Waals surface area contributed by atoms with Crippen LogP contribution in [0.1, 0.15) is 6.92 Å². The van der Waals surface area contributed by atoms with Crippen molar-refractivity contribution in [3.63, 3.8) is 0 Å². The summed E-state index contributed by atoms with van der Waals surface area (Å²) in [4.78, 5) is 10.3. The number of carbonyl (C=O) groups is 1. The monoisotopic (exact) mass is 166 g/mol. The third-order valence-corrected chi connectivity index (χ3v) is 1.42. The molecule has 0 aromatic carbocycles. The summed E-state index contributed by atoms with van der Waals surface area (Å²) in [7, 11) is 0. The van der Waals surface area contributed by atoms with Crippen molar-refractivity contribution in [2.45, 2.75) is 6.92 Å². The maximum absolute atomic E-state index is 10.3. The molecule has 0 amide bonds. The van der Waals surface area contributed by atoms with Crippen molar-refractivity contribution in [1.82, 2.24) is 0 Å².